The van der Waals surface area contributed by atoms with E-state index in [0.717, 1.165) is 5.00 Å². The summed E-state index contributed by atoms with van der Waals surface area (Å²) in [7, 11) is 1.79. The molecule has 96 valence electrons. The largest absolute Gasteiger partial charge is 0.486 e. The molecule has 0 atom stereocenters. The summed E-state index contributed by atoms with van der Waals surface area (Å²) in [6, 6.07) is 0. The minimum absolute atomic E-state index is 0.0287. The SMILES string of the molecule is CNc1sc(C(=O)C(C)C)c(N)c1OC(C)C. The third-order valence-electron chi connectivity index (χ3n) is 2.23. The second-order valence-electron chi connectivity index (χ2n) is 4.44. The molecule has 1 aromatic rings. The fourth-order valence-corrected chi connectivity index (χ4v) is 2.49. The van der Waals surface area contributed by atoms with Crippen LogP contribution in [0.25, 0.3) is 0 Å². The van der Waals surface area contributed by atoms with E-state index in [4.69, 9.17) is 10.5 Å². The molecule has 5 heteroatoms. The van der Waals surface area contributed by atoms with Gasteiger partial charge in [-0.2, -0.15) is 0 Å². The Morgan fingerprint density at radius 2 is 1.94 bits per heavy atom. The maximum atomic E-state index is 12.0. The fraction of sp³-hybridized carbons (Fsp3) is 0.583. The standard InChI is InChI=1S/C12H20N2O2S/c1-6(2)9(15)11-8(13)10(16-7(3)4)12(14-5)17-11/h6-7,14H,13H2,1-5H3. The molecule has 3 N–H and O–H groups in total. The Bertz CT molecular complexity index is 411. The minimum atomic E-state index is -0.0624. The summed E-state index contributed by atoms with van der Waals surface area (Å²) >= 11 is 1.35. The Kier molecular flexibility index (Phi) is 4.40. The van der Waals surface area contributed by atoms with Crippen LogP contribution in [-0.2, 0) is 0 Å². The summed E-state index contributed by atoms with van der Waals surface area (Å²) in [6.45, 7) is 7.59. The Morgan fingerprint density at radius 1 is 1.35 bits per heavy atom. The number of hydrogen-bond donors (Lipinski definition) is 2. The number of ether oxygens (including phenoxy) is 1. The molecule has 0 bridgehead atoms. The third-order valence-corrected chi connectivity index (χ3v) is 3.45. The van der Waals surface area contributed by atoms with Crippen molar-refractivity contribution in [2.45, 2.75) is 33.8 Å². The lowest BCUT2D eigenvalue weighted by molar-refractivity contribution is 0.0944. The molecule has 17 heavy (non-hydrogen) atoms. The summed E-state index contributed by atoms with van der Waals surface area (Å²) < 4.78 is 5.65. The highest BCUT2D eigenvalue weighted by Crippen LogP contribution is 2.43. The van der Waals surface area contributed by atoms with Gasteiger partial charge < -0.3 is 15.8 Å². The van der Waals surface area contributed by atoms with Crippen LogP contribution >= 0.6 is 11.3 Å². The number of thiophene rings is 1. The number of nitrogen functional groups attached to an aromatic ring is 1. The Balaban J connectivity index is 3.18. The van der Waals surface area contributed by atoms with Crippen LogP contribution in [0.15, 0.2) is 0 Å². The topological polar surface area (TPSA) is 64.4 Å². The molecular formula is C12H20N2O2S. The molecule has 0 spiro atoms. The normalized spacial score (nSPS) is 11.0. The maximum absolute atomic E-state index is 12.0. The quantitative estimate of drug-likeness (QED) is 0.795. The van der Waals surface area contributed by atoms with Crippen LogP contribution in [-0.4, -0.2) is 18.9 Å². The molecule has 0 aliphatic carbocycles. The van der Waals surface area contributed by atoms with Gasteiger partial charge in [0.1, 0.15) is 5.00 Å². The van der Waals surface area contributed by atoms with Crippen molar-refractivity contribution in [1.82, 2.24) is 0 Å². The lowest BCUT2D eigenvalue weighted by Gasteiger charge is -2.11. The zero-order valence-corrected chi connectivity index (χ0v) is 11.8. The summed E-state index contributed by atoms with van der Waals surface area (Å²) in [5.41, 5.74) is 6.44. The molecule has 1 rings (SSSR count). The molecule has 0 aliphatic rings. The smallest absolute Gasteiger partial charge is 0.177 e. The summed E-state index contributed by atoms with van der Waals surface area (Å²) in [4.78, 5) is 12.6. The molecule has 0 amide bonds. The van der Waals surface area contributed by atoms with Gasteiger partial charge >= 0.3 is 0 Å². The van der Waals surface area contributed by atoms with E-state index in [-0.39, 0.29) is 17.8 Å². The van der Waals surface area contributed by atoms with Crippen molar-refractivity contribution in [1.29, 1.82) is 0 Å². The van der Waals surface area contributed by atoms with Crippen LogP contribution < -0.4 is 15.8 Å². The number of anilines is 2. The van der Waals surface area contributed by atoms with E-state index in [1.54, 1.807) is 7.05 Å². The number of carbonyl (C=O) groups is 1. The van der Waals surface area contributed by atoms with Gasteiger partial charge in [0, 0.05) is 13.0 Å². The van der Waals surface area contributed by atoms with Crippen LogP contribution in [0.3, 0.4) is 0 Å². The molecule has 4 nitrogen and oxygen atoms in total. The first kappa shape index (κ1) is 13.8. The summed E-state index contributed by atoms with van der Waals surface area (Å²) in [6.07, 6.45) is 0.0287. The van der Waals surface area contributed by atoms with Crippen molar-refractivity contribution in [3.63, 3.8) is 0 Å². The number of hydrogen-bond acceptors (Lipinski definition) is 5. The van der Waals surface area contributed by atoms with Gasteiger partial charge in [0.05, 0.1) is 16.7 Å². The van der Waals surface area contributed by atoms with Crippen LogP contribution in [0.1, 0.15) is 37.4 Å². The molecule has 0 radical (unpaired) electrons. The van der Waals surface area contributed by atoms with Gasteiger partial charge in [-0.25, -0.2) is 0 Å². The molecular weight excluding hydrogens is 236 g/mol. The highest BCUT2D eigenvalue weighted by Gasteiger charge is 2.23. The molecule has 1 heterocycles. The van der Waals surface area contributed by atoms with Crippen molar-refractivity contribution in [3.05, 3.63) is 4.88 Å². The van der Waals surface area contributed by atoms with Crippen LogP contribution in [0, 0.1) is 5.92 Å². The van der Waals surface area contributed by atoms with E-state index in [2.05, 4.69) is 5.32 Å². The van der Waals surface area contributed by atoms with Gasteiger partial charge in [0.25, 0.3) is 0 Å². The van der Waals surface area contributed by atoms with E-state index < -0.39 is 0 Å². The van der Waals surface area contributed by atoms with Crippen molar-refractivity contribution in [2.24, 2.45) is 5.92 Å². The molecule has 0 saturated heterocycles. The van der Waals surface area contributed by atoms with Crippen molar-refractivity contribution >= 4 is 27.8 Å². The first-order chi connectivity index (χ1) is 7.88. The lowest BCUT2D eigenvalue weighted by atomic mass is 10.1. The Hall–Kier alpha value is -1.23. The molecule has 0 unspecified atom stereocenters. The summed E-state index contributed by atoms with van der Waals surface area (Å²) in [5.74, 6) is 0.590. The number of nitrogens with two attached hydrogens (primary N) is 1. The molecule has 1 aromatic heterocycles. The second-order valence-corrected chi connectivity index (χ2v) is 5.46. The number of Topliss-reactive ketones (excluding diaryl/α,β-unsaturated/α-hetero) is 1. The number of nitrogens with one attached hydrogen (secondary N) is 1. The van der Waals surface area contributed by atoms with E-state index in [0.29, 0.717) is 16.3 Å². The first-order valence-electron chi connectivity index (χ1n) is 5.69. The van der Waals surface area contributed by atoms with Crippen LogP contribution in [0.2, 0.25) is 0 Å². The maximum Gasteiger partial charge on any atom is 0.177 e. The molecule has 0 saturated carbocycles. The van der Waals surface area contributed by atoms with Crippen LogP contribution in [0.4, 0.5) is 10.7 Å². The van der Waals surface area contributed by atoms with E-state index >= 15 is 0 Å². The van der Waals surface area contributed by atoms with Crippen molar-refractivity contribution < 1.29 is 9.53 Å². The zero-order valence-electron chi connectivity index (χ0n) is 11.0. The van der Waals surface area contributed by atoms with Crippen molar-refractivity contribution in [2.75, 3.05) is 18.1 Å². The highest BCUT2D eigenvalue weighted by molar-refractivity contribution is 7.19. The number of ketones is 1. The van der Waals surface area contributed by atoms with Gasteiger partial charge in [-0.15, -0.1) is 11.3 Å². The zero-order chi connectivity index (χ0) is 13.2. The average molecular weight is 256 g/mol. The predicted molar refractivity (Wildman–Crippen MR) is 73.2 cm³/mol. The number of rotatable bonds is 5. The van der Waals surface area contributed by atoms with Gasteiger partial charge in [-0.05, 0) is 13.8 Å². The molecule has 0 aliphatic heterocycles. The molecule has 0 aromatic carbocycles. The van der Waals surface area contributed by atoms with Gasteiger partial charge in [0.2, 0.25) is 0 Å². The predicted octanol–water partition coefficient (Wildman–Crippen LogP) is 3.00. The lowest BCUT2D eigenvalue weighted by Crippen LogP contribution is -2.10. The van der Waals surface area contributed by atoms with Gasteiger partial charge in [-0.3, -0.25) is 4.79 Å². The Morgan fingerprint density at radius 3 is 2.35 bits per heavy atom. The average Bonchev–Trinajstić information content (AvgIpc) is 2.54. The first-order valence-corrected chi connectivity index (χ1v) is 6.51. The van der Waals surface area contributed by atoms with Crippen molar-refractivity contribution in [3.8, 4) is 5.75 Å². The van der Waals surface area contributed by atoms with Crippen LogP contribution in [0.5, 0.6) is 5.75 Å². The number of carbonyl (C=O) groups excluding carboxylic acids is 1. The van der Waals surface area contributed by atoms with E-state index in [9.17, 15) is 4.79 Å². The Labute approximate surface area is 106 Å². The molecule has 0 fully saturated rings. The van der Waals surface area contributed by atoms with E-state index in [1.165, 1.54) is 11.3 Å². The monoisotopic (exact) mass is 256 g/mol. The summed E-state index contributed by atoms with van der Waals surface area (Å²) in [5, 5.41) is 3.82. The van der Waals surface area contributed by atoms with Gasteiger partial charge in [0.15, 0.2) is 11.5 Å². The minimum Gasteiger partial charge on any atom is -0.486 e. The van der Waals surface area contributed by atoms with E-state index in [1.807, 2.05) is 27.7 Å². The van der Waals surface area contributed by atoms with Gasteiger partial charge in [-0.1, -0.05) is 13.8 Å². The second kappa shape index (κ2) is 5.40. The highest BCUT2D eigenvalue weighted by atomic mass is 32.1. The third kappa shape index (κ3) is 2.91. The fourth-order valence-electron chi connectivity index (χ4n) is 1.39.